The summed E-state index contributed by atoms with van der Waals surface area (Å²) in [6.45, 7) is 9.49. The summed E-state index contributed by atoms with van der Waals surface area (Å²) in [5, 5.41) is 11.1. The van der Waals surface area contributed by atoms with Crippen molar-refractivity contribution in [1.82, 2.24) is 5.32 Å². The van der Waals surface area contributed by atoms with Crippen LogP contribution in [-0.4, -0.2) is 24.0 Å². The molecule has 0 aliphatic heterocycles. The van der Waals surface area contributed by atoms with E-state index >= 15 is 0 Å². The maximum Gasteiger partial charge on any atom is 0.00988 e. The van der Waals surface area contributed by atoms with Crippen molar-refractivity contribution in [2.75, 3.05) is 6.54 Å². The average Bonchev–Trinajstić information content (AvgIpc) is 2.11. The maximum atomic E-state index is 7.59. The monoisotopic (exact) mass is 216 g/mol. The van der Waals surface area contributed by atoms with Gasteiger partial charge in [0.25, 0.3) is 0 Å². The van der Waals surface area contributed by atoms with Gasteiger partial charge < -0.3 is 10.7 Å². The molecular weight excluding hydrogens is 191 g/mol. The van der Waals surface area contributed by atoms with Crippen LogP contribution < -0.4 is 5.32 Å². The van der Waals surface area contributed by atoms with Crippen molar-refractivity contribution in [2.24, 2.45) is 5.92 Å². The molecule has 4 unspecified atom stereocenters. The standard InChI is InChI=1S/C11H25N2P/c1-5-11(8(2)12)6-7-13-9(3)10(4)14/h9-13H,5-7,14H2,1-4H3. The van der Waals surface area contributed by atoms with Crippen LogP contribution in [0, 0.1) is 11.3 Å². The Morgan fingerprint density at radius 3 is 2.36 bits per heavy atom. The van der Waals surface area contributed by atoms with Gasteiger partial charge in [0.2, 0.25) is 0 Å². The van der Waals surface area contributed by atoms with E-state index in [0.717, 1.165) is 25.1 Å². The molecule has 0 spiro atoms. The fourth-order valence-electron chi connectivity index (χ4n) is 1.40. The summed E-state index contributed by atoms with van der Waals surface area (Å²) in [4.78, 5) is 0. The molecule has 2 N–H and O–H groups in total. The second-order valence-corrected chi connectivity index (χ2v) is 5.23. The van der Waals surface area contributed by atoms with E-state index in [-0.39, 0.29) is 0 Å². The zero-order valence-corrected chi connectivity index (χ0v) is 11.1. The van der Waals surface area contributed by atoms with E-state index in [4.69, 9.17) is 5.41 Å². The van der Waals surface area contributed by atoms with Crippen LogP contribution >= 0.6 is 9.24 Å². The Hall–Kier alpha value is 0.0600. The molecule has 0 aromatic heterocycles. The molecule has 14 heavy (non-hydrogen) atoms. The van der Waals surface area contributed by atoms with E-state index < -0.39 is 0 Å². The molecule has 0 saturated heterocycles. The highest BCUT2D eigenvalue weighted by Gasteiger charge is 2.10. The first kappa shape index (κ1) is 14.1. The Bertz CT molecular complexity index is 169. The van der Waals surface area contributed by atoms with Crippen LogP contribution in [0.4, 0.5) is 0 Å². The first-order chi connectivity index (χ1) is 6.49. The molecule has 0 aliphatic carbocycles. The molecule has 0 amide bonds. The number of nitrogens with one attached hydrogen (secondary N) is 2. The molecule has 0 heterocycles. The van der Waals surface area contributed by atoms with Crippen molar-refractivity contribution in [2.45, 2.75) is 52.2 Å². The zero-order chi connectivity index (χ0) is 11.1. The maximum absolute atomic E-state index is 7.59. The topological polar surface area (TPSA) is 35.9 Å². The summed E-state index contributed by atoms with van der Waals surface area (Å²) in [6, 6.07) is 0.545. The van der Waals surface area contributed by atoms with Crippen LogP contribution in [0.1, 0.15) is 40.5 Å². The van der Waals surface area contributed by atoms with E-state index in [1.54, 1.807) is 0 Å². The highest BCUT2D eigenvalue weighted by atomic mass is 31.0. The van der Waals surface area contributed by atoms with Gasteiger partial charge >= 0.3 is 0 Å². The van der Waals surface area contributed by atoms with Crippen molar-refractivity contribution in [3.8, 4) is 0 Å². The molecule has 0 aromatic carbocycles. The Labute approximate surface area is 91.0 Å². The van der Waals surface area contributed by atoms with Crippen molar-refractivity contribution < 1.29 is 0 Å². The van der Waals surface area contributed by atoms with E-state index in [1.165, 1.54) is 0 Å². The Kier molecular flexibility index (Phi) is 7.40. The molecule has 0 rings (SSSR count). The molecular formula is C11H25N2P. The predicted octanol–water partition coefficient (Wildman–Crippen LogP) is 2.68. The Morgan fingerprint density at radius 2 is 2.00 bits per heavy atom. The van der Waals surface area contributed by atoms with Gasteiger partial charge in [-0.05, 0) is 44.8 Å². The third-order valence-electron chi connectivity index (χ3n) is 2.85. The van der Waals surface area contributed by atoms with Crippen LogP contribution in [0.3, 0.4) is 0 Å². The van der Waals surface area contributed by atoms with Crippen molar-refractivity contribution in [3.63, 3.8) is 0 Å². The molecule has 0 saturated carbocycles. The van der Waals surface area contributed by atoms with Crippen LogP contribution in [0.25, 0.3) is 0 Å². The SMILES string of the molecule is CCC(CCNC(C)C(C)P)C(C)=N. The van der Waals surface area contributed by atoms with Gasteiger partial charge in [0, 0.05) is 11.8 Å². The fourth-order valence-corrected chi connectivity index (χ4v) is 1.53. The van der Waals surface area contributed by atoms with E-state index in [9.17, 15) is 0 Å². The summed E-state index contributed by atoms with van der Waals surface area (Å²) in [5.41, 5.74) is 1.43. The lowest BCUT2D eigenvalue weighted by Gasteiger charge is -2.19. The molecule has 0 fully saturated rings. The first-order valence-electron chi connectivity index (χ1n) is 5.53. The van der Waals surface area contributed by atoms with E-state index in [0.29, 0.717) is 17.6 Å². The molecule has 84 valence electrons. The van der Waals surface area contributed by atoms with Crippen LogP contribution in [0.2, 0.25) is 0 Å². The fraction of sp³-hybridized carbons (Fsp3) is 0.909. The van der Waals surface area contributed by atoms with Gasteiger partial charge in [-0.15, -0.1) is 9.24 Å². The average molecular weight is 216 g/mol. The zero-order valence-electron chi connectivity index (χ0n) is 9.93. The largest absolute Gasteiger partial charge is 0.314 e. The summed E-state index contributed by atoms with van der Waals surface area (Å²) in [5.74, 6) is 0.467. The molecule has 0 aromatic rings. The number of hydrogen-bond donors (Lipinski definition) is 2. The summed E-state index contributed by atoms with van der Waals surface area (Å²) >= 11 is 0. The summed E-state index contributed by atoms with van der Waals surface area (Å²) < 4.78 is 0. The number of hydrogen-bond acceptors (Lipinski definition) is 2. The third kappa shape index (κ3) is 5.72. The van der Waals surface area contributed by atoms with Gasteiger partial charge in [-0.3, -0.25) is 0 Å². The van der Waals surface area contributed by atoms with Gasteiger partial charge in [0.1, 0.15) is 0 Å². The molecule has 2 nitrogen and oxygen atoms in total. The van der Waals surface area contributed by atoms with Gasteiger partial charge in [-0.25, -0.2) is 0 Å². The second kappa shape index (κ2) is 7.36. The smallest absolute Gasteiger partial charge is 0.00988 e. The van der Waals surface area contributed by atoms with Gasteiger partial charge in [-0.1, -0.05) is 13.8 Å². The summed E-state index contributed by atoms with van der Waals surface area (Å²) in [6.07, 6.45) is 2.18. The second-order valence-electron chi connectivity index (χ2n) is 4.18. The van der Waals surface area contributed by atoms with Crippen LogP contribution in [0.15, 0.2) is 0 Å². The molecule has 3 heteroatoms. The van der Waals surface area contributed by atoms with Crippen molar-refractivity contribution in [3.05, 3.63) is 0 Å². The minimum absolute atomic E-state index is 0.467. The first-order valence-corrected chi connectivity index (χ1v) is 6.19. The number of rotatable bonds is 7. The minimum atomic E-state index is 0.467. The van der Waals surface area contributed by atoms with Crippen molar-refractivity contribution >= 4 is 15.0 Å². The lowest BCUT2D eigenvalue weighted by molar-refractivity contribution is 0.493. The van der Waals surface area contributed by atoms with E-state index in [2.05, 4.69) is 35.3 Å². The highest BCUT2D eigenvalue weighted by Crippen LogP contribution is 2.09. The lowest BCUT2D eigenvalue weighted by Crippen LogP contribution is -2.34. The Balaban J connectivity index is 3.66. The predicted molar refractivity (Wildman–Crippen MR) is 68.4 cm³/mol. The lowest BCUT2D eigenvalue weighted by atomic mass is 9.97. The van der Waals surface area contributed by atoms with E-state index in [1.807, 2.05) is 6.92 Å². The molecule has 0 radical (unpaired) electrons. The normalized spacial score (nSPS) is 17.5. The molecule has 0 aliphatic rings. The van der Waals surface area contributed by atoms with Gasteiger partial charge in [0.15, 0.2) is 0 Å². The Morgan fingerprint density at radius 1 is 1.43 bits per heavy atom. The van der Waals surface area contributed by atoms with Gasteiger partial charge in [-0.2, -0.15) is 0 Å². The quantitative estimate of drug-likeness (QED) is 0.498. The third-order valence-corrected chi connectivity index (χ3v) is 3.43. The van der Waals surface area contributed by atoms with Gasteiger partial charge in [0.05, 0.1) is 0 Å². The summed E-state index contributed by atoms with van der Waals surface area (Å²) in [7, 11) is 2.82. The van der Waals surface area contributed by atoms with Crippen LogP contribution in [0.5, 0.6) is 0 Å². The van der Waals surface area contributed by atoms with Crippen LogP contribution in [-0.2, 0) is 0 Å². The minimum Gasteiger partial charge on any atom is -0.314 e. The molecule has 4 atom stereocenters. The molecule has 0 bridgehead atoms. The highest BCUT2D eigenvalue weighted by molar-refractivity contribution is 7.17. The van der Waals surface area contributed by atoms with Crippen molar-refractivity contribution in [1.29, 1.82) is 5.41 Å².